The molecule has 0 fully saturated rings. The molecule has 1 aliphatic heterocycles. The maximum absolute atomic E-state index is 13.3. The molecular weight excluding hydrogens is 337 g/mol. The van der Waals surface area contributed by atoms with Gasteiger partial charge >= 0.3 is 11.9 Å². The van der Waals surface area contributed by atoms with Crippen LogP contribution < -0.4 is 0 Å². The van der Waals surface area contributed by atoms with Gasteiger partial charge in [-0.1, -0.05) is 25.1 Å². The number of nitrogens with zero attached hydrogens (tertiary/aromatic N) is 1. The van der Waals surface area contributed by atoms with E-state index in [4.69, 9.17) is 9.47 Å². The molecule has 0 unspecified atom stereocenters. The van der Waals surface area contributed by atoms with E-state index in [0.29, 0.717) is 23.3 Å². The molecule has 1 heterocycles. The average molecular weight is 353 g/mol. The molecular formula is C20H16FNO4. The smallest absolute Gasteiger partial charge is 0.363 e. The Hall–Kier alpha value is -3.28. The van der Waals surface area contributed by atoms with E-state index in [2.05, 4.69) is 4.99 Å². The van der Waals surface area contributed by atoms with E-state index >= 15 is 0 Å². The minimum absolute atomic E-state index is 0.0560. The lowest BCUT2D eigenvalue weighted by Crippen LogP contribution is -2.06. The second-order valence-electron chi connectivity index (χ2n) is 5.60. The molecule has 0 saturated heterocycles. The zero-order chi connectivity index (χ0) is 18.5. The molecule has 26 heavy (non-hydrogen) atoms. The number of rotatable bonds is 5. The molecule has 0 aromatic heterocycles. The molecule has 0 atom stereocenters. The molecule has 2 aromatic carbocycles. The highest BCUT2D eigenvalue weighted by Crippen LogP contribution is 2.20. The zero-order valence-corrected chi connectivity index (χ0v) is 14.1. The number of aliphatic imine (C=N–C) groups is 1. The third-order valence-corrected chi connectivity index (χ3v) is 3.58. The molecule has 3 rings (SSSR count). The van der Waals surface area contributed by atoms with E-state index < -0.39 is 17.8 Å². The van der Waals surface area contributed by atoms with Crippen LogP contribution in [0.5, 0.6) is 0 Å². The van der Waals surface area contributed by atoms with Gasteiger partial charge < -0.3 is 9.47 Å². The summed E-state index contributed by atoms with van der Waals surface area (Å²) in [4.78, 5) is 27.9. The van der Waals surface area contributed by atoms with Crippen LogP contribution in [-0.2, 0) is 14.3 Å². The Kier molecular flexibility index (Phi) is 5.22. The number of cyclic esters (lactones) is 1. The highest BCUT2D eigenvalue weighted by molar-refractivity contribution is 6.12. The molecule has 0 saturated carbocycles. The minimum Gasteiger partial charge on any atom is -0.462 e. The first kappa shape index (κ1) is 17.5. The van der Waals surface area contributed by atoms with Crippen LogP contribution in [0.25, 0.3) is 6.08 Å². The monoisotopic (exact) mass is 353 g/mol. The van der Waals surface area contributed by atoms with Crippen molar-refractivity contribution in [1.82, 2.24) is 0 Å². The van der Waals surface area contributed by atoms with Crippen LogP contribution in [0.1, 0.15) is 34.8 Å². The zero-order valence-electron chi connectivity index (χ0n) is 14.1. The summed E-state index contributed by atoms with van der Waals surface area (Å²) < 4.78 is 23.4. The maximum atomic E-state index is 13.3. The van der Waals surface area contributed by atoms with Gasteiger partial charge in [-0.25, -0.2) is 19.0 Å². The predicted molar refractivity (Wildman–Crippen MR) is 94.0 cm³/mol. The molecule has 6 heteroatoms. The van der Waals surface area contributed by atoms with Gasteiger partial charge in [0.25, 0.3) is 0 Å². The fraction of sp³-hybridized carbons (Fsp3) is 0.150. The van der Waals surface area contributed by atoms with Gasteiger partial charge in [0.2, 0.25) is 5.90 Å². The van der Waals surface area contributed by atoms with Crippen LogP contribution in [0.3, 0.4) is 0 Å². The van der Waals surface area contributed by atoms with Gasteiger partial charge in [-0.15, -0.1) is 0 Å². The highest BCUT2D eigenvalue weighted by Gasteiger charge is 2.24. The van der Waals surface area contributed by atoms with E-state index in [0.717, 1.165) is 6.42 Å². The fourth-order valence-electron chi connectivity index (χ4n) is 2.31. The fourth-order valence-corrected chi connectivity index (χ4v) is 2.31. The standard InChI is InChI=1S/C20H16FNO4/c1-2-10-25-19(23)14-8-6-13(7-9-14)11-17-20(24)26-18(22-17)15-4-3-5-16(21)12-15/h3-9,11-12H,2,10H2,1H3/b17-11-. The van der Waals surface area contributed by atoms with Crippen molar-refractivity contribution < 1.29 is 23.5 Å². The topological polar surface area (TPSA) is 65.0 Å². The lowest BCUT2D eigenvalue weighted by Gasteiger charge is -2.03. The number of ether oxygens (including phenoxy) is 2. The van der Waals surface area contributed by atoms with Gasteiger partial charge in [0.05, 0.1) is 12.2 Å². The van der Waals surface area contributed by atoms with E-state index in [1.165, 1.54) is 24.3 Å². The third kappa shape index (κ3) is 4.03. The molecule has 0 bridgehead atoms. The lowest BCUT2D eigenvalue weighted by molar-refractivity contribution is -0.129. The van der Waals surface area contributed by atoms with Crippen LogP contribution >= 0.6 is 0 Å². The Morgan fingerprint density at radius 3 is 2.69 bits per heavy atom. The van der Waals surface area contributed by atoms with Crippen molar-refractivity contribution in [3.8, 4) is 0 Å². The summed E-state index contributed by atoms with van der Waals surface area (Å²) in [5.41, 5.74) is 1.59. The number of esters is 2. The minimum atomic E-state index is -0.615. The molecule has 0 aliphatic carbocycles. The first-order valence-corrected chi connectivity index (χ1v) is 8.12. The Morgan fingerprint density at radius 1 is 1.23 bits per heavy atom. The molecule has 0 N–H and O–H groups in total. The summed E-state index contributed by atoms with van der Waals surface area (Å²) in [5, 5.41) is 0. The maximum Gasteiger partial charge on any atom is 0.363 e. The van der Waals surface area contributed by atoms with Crippen LogP contribution in [0.4, 0.5) is 4.39 Å². The van der Waals surface area contributed by atoms with Gasteiger partial charge in [0, 0.05) is 5.56 Å². The predicted octanol–water partition coefficient (Wildman–Crippen LogP) is 3.74. The Bertz CT molecular complexity index is 900. The summed E-state index contributed by atoms with van der Waals surface area (Å²) in [6, 6.07) is 12.2. The molecule has 1 aliphatic rings. The quantitative estimate of drug-likeness (QED) is 0.607. The average Bonchev–Trinajstić information content (AvgIpc) is 3.01. The van der Waals surface area contributed by atoms with Crippen molar-refractivity contribution in [2.75, 3.05) is 6.61 Å². The van der Waals surface area contributed by atoms with Crippen LogP contribution in [0.15, 0.2) is 59.2 Å². The van der Waals surface area contributed by atoms with Gasteiger partial charge in [-0.05, 0) is 48.4 Å². The summed E-state index contributed by atoms with van der Waals surface area (Å²) >= 11 is 0. The molecule has 0 amide bonds. The van der Waals surface area contributed by atoms with E-state index in [-0.39, 0.29) is 11.6 Å². The van der Waals surface area contributed by atoms with Crippen LogP contribution in [-0.4, -0.2) is 24.4 Å². The second kappa shape index (κ2) is 7.74. The molecule has 2 aromatic rings. The molecule has 0 spiro atoms. The van der Waals surface area contributed by atoms with Gasteiger partial charge in [0.1, 0.15) is 5.82 Å². The first-order chi connectivity index (χ1) is 12.6. The molecule has 132 valence electrons. The molecule has 5 nitrogen and oxygen atoms in total. The summed E-state index contributed by atoms with van der Waals surface area (Å²) in [7, 11) is 0. The van der Waals surface area contributed by atoms with Crippen molar-refractivity contribution in [1.29, 1.82) is 0 Å². The van der Waals surface area contributed by atoms with Crippen molar-refractivity contribution in [2.24, 2.45) is 4.99 Å². The van der Waals surface area contributed by atoms with Crippen molar-refractivity contribution in [3.05, 3.63) is 76.7 Å². The van der Waals surface area contributed by atoms with Gasteiger partial charge in [0.15, 0.2) is 5.70 Å². The Morgan fingerprint density at radius 2 is 2.00 bits per heavy atom. The van der Waals surface area contributed by atoms with Crippen molar-refractivity contribution >= 4 is 23.9 Å². The van der Waals surface area contributed by atoms with Crippen molar-refractivity contribution in [3.63, 3.8) is 0 Å². The number of halogens is 1. The lowest BCUT2D eigenvalue weighted by atomic mass is 10.1. The van der Waals surface area contributed by atoms with Crippen LogP contribution in [0, 0.1) is 5.82 Å². The van der Waals surface area contributed by atoms with E-state index in [1.54, 1.807) is 30.3 Å². The van der Waals surface area contributed by atoms with E-state index in [1.807, 2.05) is 6.92 Å². The first-order valence-electron chi connectivity index (χ1n) is 8.12. The Labute approximate surface area is 149 Å². The summed E-state index contributed by atoms with van der Waals surface area (Å²) in [6.45, 7) is 2.29. The summed E-state index contributed by atoms with van der Waals surface area (Å²) in [6.07, 6.45) is 2.29. The number of benzene rings is 2. The van der Waals surface area contributed by atoms with Crippen LogP contribution in [0.2, 0.25) is 0 Å². The summed E-state index contributed by atoms with van der Waals surface area (Å²) in [5.74, 6) is -1.39. The molecule has 0 radical (unpaired) electrons. The SMILES string of the molecule is CCCOC(=O)c1ccc(/C=C2\N=C(c3cccc(F)c3)OC2=O)cc1. The number of hydrogen-bond acceptors (Lipinski definition) is 5. The highest BCUT2D eigenvalue weighted by atomic mass is 19.1. The van der Waals surface area contributed by atoms with Crippen molar-refractivity contribution in [2.45, 2.75) is 13.3 Å². The third-order valence-electron chi connectivity index (χ3n) is 3.58. The van der Waals surface area contributed by atoms with Gasteiger partial charge in [-0.2, -0.15) is 0 Å². The number of hydrogen-bond donors (Lipinski definition) is 0. The number of carbonyl (C=O) groups excluding carboxylic acids is 2. The number of carbonyl (C=O) groups is 2. The second-order valence-corrected chi connectivity index (χ2v) is 5.60. The Balaban J connectivity index is 1.79. The van der Waals surface area contributed by atoms with Gasteiger partial charge in [-0.3, -0.25) is 0 Å². The largest absolute Gasteiger partial charge is 0.462 e. The van der Waals surface area contributed by atoms with E-state index in [9.17, 15) is 14.0 Å². The normalized spacial score (nSPS) is 14.9.